The lowest BCUT2D eigenvalue weighted by Gasteiger charge is -2.13. The molecular weight excluding hydrogens is 763 g/mol. The van der Waals surface area contributed by atoms with E-state index < -0.39 is 0 Å². The first kappa shape index (κ1) is 36.2. The van der Waals surface area contributed by atoms with Gasteiger partial charge in [-0.2, -0.15) is 0 Å². The van der Waals surface area contributed by atoms with Crippen molar-refractivity contribution in [2.75, 3.05) is 0 Å². The van der Waals surface area contributed by atoms with E-state index in [0.717, 1.165) is 60.4 Å². The third kappa shape index (κ3) is 7.05. The quantitative estimate of drug-likeness (QED) is 0.153. The molecular formula is C55H35N5S. The van der Waals surface area contributed by atoms with Crippen molar-refractivity contribution >= 4 is 31.5 Å². The minimum Gasteiger partial charge on any atom is -0.228 e. The van der Waals surface area contributed by atoms with Crippen LogP contribution in [0.2, 0.25) is 0 Å². The second-order valence-corrected chi connectivity index (χ2v) is 15.9. The summed E-state index contributed by atoms with van der Waals surface area (Å²) in [6.45, 7) is 0. The summed E-state index contributed by atoms with van der Waals surface area (Å²) < 4.78 is 2.30. The number of hydrogen-bond acceptors (Lipinski definition) is 6. The number of hydrogen-bond donors (Lipinski definition) is 0. The number of rotatable bonds is 8. The Balaban J connectivity index is 1.17. The fraction of sp³-hybridized carbons (Fsp3) is 0. The molecule has 61 heavy (non-hydrogen) atoms. The normalized spacial score (nSPS) is 11.3. The minimum absolute atomic E-state index is 0.599. The van der Waals surface area contributed by atoms with Crippen LogP contribution in [0.5, 0.6) is 0 Å². The van der Waals surface area contributed by atoms with Gasteiger partial charge < -0.3 is 0 Å². The van der Waals surface area contributed by atoms with Crippen LogP contribution in [0.4, 0.5) is 0 Å². The van der Waals surface area contributed by atoms with Crippen molar-refractivity contribution in [2.45, 2.75) is 0 Å². The predicted molar refractivity (Wildman–Crippen MR) is 252 cm³/mol. The Kier molecular flexibility index (Phi) is 9.30. The van der Waals surface area contributed by atoms with Crippen LogP contribution in [0.3, 0.4) is 0 Å². The monoisotopic (exact) mass is 797 g/mol. The third-order valence-electron chi connectivity index (χ3n) is 11.0. The van der Waals surface area contributed by atoms with E-state index in [9.17, 15) is 0 Å². The van der Waals surface area contributed by atoms with Crippen LogP contribution in [0.1, 0.15) is 0 Å². The molecule has 0 radical (unpaired) electrons. The Morgan fingerprint density at radius 1 is 0.246 bits per heavy atom. The second kappa shape index (κ2) is 15.7. The minimum atomic E-state index is 0.599. The largest absolute Gasteiger partial charge is 0.228 e. The standard InChI is InChI=1S/C55H35N5S/c1-6-17-36(18-7-1)37-29-31-39(32-30-37)48-35-49(57-52(56-48)40-21-10-3-11-22-40)43-33-46-45-28-16-27-44(38-19-8-2-9-20-38)50(45)61-51(46)47(34-43)55-59-53(41-23-12-4-13-24-41)58-54(60-55)42-25-14-5-15-26-42/h1-35H. The number of aromatic nitrogens is 5. The Morgan fingerprint density at radius 2 is 0.672 bits per heavy atom. The molecule has 0 amide bonds. The summed E-state index contributed by atoms with van der Waals surface area (Å²) in [7, 11) is 0. The van der Waals surface area contributed by atoms with Gasteiger partial charge in [-0.05, 0) is 40.5 Å². The van der Waals surface area contributed by atoms with Crippen LogP contribution >= 0.6 is 11.3 Å². The molecule has 5 nitrogen and oxygen atoms in total. The number of nitrogens with zero attached hydrogens (tertiary/aromatic N) is 5. The molecule has 0 saturated heterocycles. The lowest BCUT2D eigenvalue weighted by Crippen LogP contribution is -2.01. The van der Waals surface area contributed by atoms with E-state index in [1.54, 1.807) is 11.3 Å². The van der Waals surface area contributed by atoms with Gasteiger partial charge >= 0.3 is 0 Å². The topological polar surface area (TPSA) is 64.5 Å². The molecule has 0 fully saturated rings. The number of fused-ring (bicyclic) bond motifs is 3. The zero-order valence-electron chi connectivity index (χ0n) is 32.9. The van der Waals surface area contributed by atoms with Gasteiger partial charge in [-0.3, -0.25) is 0 Å². The lowest BCUT2D eigenvalue weighted by molar-refractivity contribution is 1.08. The molecule has 286 valence electrons. The maximum absolute atomic E-state index is 5.31. The molecule has 0 bridgehead atoms. The summed E-state index contributed by atoms with van der Waals surface area (Å²) in [4.78, 5) is 26.0. The van der Waals surface area contributed by atoms with Gasteiger partial charge in [-0.25, -0.2) is 24.9 Å². The third-order valence-corrected chi connectivity index (χ3v) is 12.3. The average Bonchev–Trinajstić information content (AvgIpc) is 3.74. The molecule has 0 N–H and O–H groups in total. The zero-order valence-corrected chi connectivity index (χ0v) is 33.7. The van der Waals surface area contributed by atoms with Crippen molar-refractivity contribution in [3.63, 3.8) is 0 Å². The first-order valence-corrected chi connectivity index (χ1v) is 21.1. The number of thiophene rings is 1. The van der Waals surface area contributed by atoms with Gasteiger partial charge in [0.15, 0.2) is 23.3 Å². The Morgan fingerprint density at radius 3 is 1.23 bits per heavy atom. The SMILES string of the molecule is c1ccc(-c2ccc(-c3cc(-c4cc(-c5nc(-c6ccccc6)nc(-c6ccccc6)n5)c5sc6c(-c7ccccc7)cccc6c5c4)nc(-c4ccccc4)n3)cc2)cc1. The van der Waals surface area contributed by atoms with E-state index in [1.807, 2.05) is 84.9 Å². The highest BCUT2D eigenvalue weighted by Gasteiger charge is 2.21. The molecule has 11 rings (SSSR count). The fourth-order valence-corrected chi connectivity index (χ4v) is 9.24. The van der Waals surface area contributed by atoms with Crippen LogP contribution in [0.15, 0.2) is 212 Å². The average molecular weight is 798 g/mol. The molecule has 0 spiro atoms. The van der Waals surface area contributed by atoms with Gasteiger partial charge in [0, 0.05) is 53.6 Å². The second-order valence-electron chi connectivity index (χ2n) is 14.9. The van der Waals surface area contributed by atoms with E-state index >= 15 is 0 Å². The maximum atomic E-state index is 5.31. The molecule has 0 atom stereocenters. The van der Waals surface area contributed by atoms with Gasteiger partial charge in [-0.15, -0.1) is 11.3 Å². The van der Waals surface area contributed by atoms with Crippen molar-refractivity contribution in [3.8, 4) is 90.3 Å². The van der Waals surface area contributed by atoms with E-state index in [1.165, 1.54) is 26.8 Å². The molecule has 11 aromatic rings. The van der Waals surface area contributed by atoms with Crippen molar-refractivity contribution in [3.05, 3.63) is 212 Å². The van der Waals surface area contributed by atoms with Crippen molar-refractivity contribution in [1.29, 1.82) is 0 Å². The van der Waals surface area contributed by atoms with E-state index in [0.29, 0.717) is 23.3 Å². The molecule has 0 aliphatic carbocycles. The summed E-state index contributed by atoms with van der Waals surface area (Å²) in [5, 5.41) is 2.28. The molecule has 0 saturated carbocycles. The van der Waals surface area contributed by atoms with Gasteiger partial charge in [0.05, 0.1) is 11.4 Å². The molecule has 3 heterocycles. The smallest absolute Gasteiger partial charge is 0.165 e. The van der Waals surface area contributed by atoms with Crippen molar-refractivity contribution < 1.29 is 0 Å². The predicted octanol–water partition coefficient (Wildman–Crippen LogP) is 14.4. The van der Waals surface area contributed by atoms with Gasteiger partial charge in [-0.1, -0.05) is 194 Å². The van der Waals surface area contributed by atoms with E-state index in [2.05, 4.69) is 127 Å². The first-order valence-electron chi connectivity index (χ1n) is 20.2. The van der Waals surface area contributed by atoms with Crippen LogP contribution < -0.4 is 0 Å². The van der Waals surface area contributed by atoms with Crippen molar-refractivity contribution in [2.24, 2.45) is 0 Å². The summed E-state index contributed by atoms with van der Waals surface area (Å²) in [5.74, 6) is 2.48. The lowest BCUT2D eigenvalue weighted by atomic mass is 9.98. The molecule has 6 heteroatoms. The maximum Gasteiger partial charge on any atom is 0.165 e. The summed E-state index contributed by atoms with van der Waals surface area (Å²) in [6.07, 6.45) is 0. The Labute approximate surface area is 357 Å². The molecule has 0 aliphatic heterocycles. The molecule has 0 aliphatic rings. The van der Waals surface area contributed by atoms with Crippen molar-refractivity contribution in [1.82, 2.24) is 24.9 Å². The van der Waals surface area contributed by atoms with E-state index in [4.69, 9.17) is 24.9 Å². The Hall–Kier alpha value is -7.93. The summed E-state index contributed by atoms with van der Waals surface area (Å²) in [6, 6.07) is 73.3. The highest BCUT2D eigenvalue weighted by molar-refractivity contribution is 7.26. The van der Waals surface area contributed by atoms with Crippen LogP contribution in [-0.4, -0.2) is 24.9 Å². The van der Waals surface area contributed by atoms with E-state index in [-0.39, 0.29) is 0 Å². The summed E-state index contributed by atoms with van der Waals surface area (Å²) in [5.41, 5.74) is 12.0. The molecule has 0 unspecified atom stereocenters. The summed E-state index contributed by atoms with van der Waals surface area (Å²) >= 11 is 1.78. The highest BCUT2D eigenvalue weighted by atomic mass is 32.1. The van der Waals surface area contributed by atoms with Crippen LogP contribution in [0, 0.1) is 0 Å². The highest BCUT2D eigenvalue weighted by Crippen LogP contribution is 2.46. The van der Waals surface area contributed by atoms with Gasteiger partial charge in [0.1, 0.15) is 0 Å². The molecule has 3 aromatic heterocycles. The Bertz CT molecular complexity index is 3260. The number of benzene rings is 8. The van der Waals surface area contributed by atoms with Gasteiger partial charge in [0.25, 0.3) is 0 Å². The molecule has 8 aromatic carbocycles. The van der Waals surface area contributed by atoms with Gasteiger partial charge in [0.2, 0.25) is 0 Å². The fourth-order valence-electron chi connectivity index (χ4n) is 7.91. The first-order chi connectivity index (χ1) is 30.2. The van der Waals surface area contributed by atoms with Crippen LogP contribution in [0.25, 0.3) is 110 Å². The zero-order chi connectivity index (χ0) is 40.5. The van der Waals surface area contributed by atoms with Crippen LogP contribution in [-0.2, 0) is 0 Å².